The Morgan fingerprint density at radius 2 is 0.780 bits per heavy atom. The number of aliphatic carboxylic acids is 1. The SMILES string of the molecule is CC/C=C\C/C=C\C/C=C\C/C=C\C/C=C\C/C=C\CCC(=O)OC(C)CCCCCCCCCCCCCCCCCCCCCC(=O)O. The molecule has 1 atom stereocenters. The van der Waals surface area contributed by atoms with Crippen molar-refractivity contribution in [3.8, 4) is 0 Å². The Morgan fingerprint density at radius 3 is 1.14 bits per heavy atom. The van der Waals surface area contributed by atoms with Gasteiger partial charge in [-0.1, -0.05) is 189 Å². The van der Waals surface area contributed by atoms with Gasteiger partial charge < -0.3 is 9.84 Å². The molecule has 0 saturated carbocycles. The van der Waals surface area contributed by atoms with Gasteiger partial charge in [-0.3, -0.25) is 9.59 Å². The molecule has 0 rings (SSSR count). The van der Waals surface area contributed by atoms with E-state index >= 15 is 0 Å². The van der Waals surface area contributed by atoms with Crippen molar-refractivity contribution in [2.24, 2.45) is 0 Å². The molecule has 286 valence electrons. The van der Waals surface area contributed by atoms with Gasteiger partial charge in [-0.2, -0.15) is 0 Å². The first-order valence-electron chi connectivity index (χ1n) is 20.9. The number of unbranched alkanes of at least 4 members (excludes halogenated alkanes) is 18. The predicted octanol–water partition coefficient (Wildman–Crippen LogP) is 14.7. The Morgan fingerprint density at radius 1 is 0.460 bits per heavy atom. The Kier molecular flexibility index (Phi) is 38.7. The van der Waals surface area contributed by atoms with E-state index in [-0.39, 0.29) is 12.1 Å². The average Bonchev–Trinajstić information content (AvgIpc) is 3.09. The lowest BCUT2D eigenvalue weighted by Crippen LogP contribution is -2.14. The Balaban J connectivity index is 3.45. The third-order valence-corrected chi connectivity index (χ3v) is 8.95. The lowest BCUT2D eigenvalue weighted by molar-refractivity contribution is -0.148. The third-order valence-electron chi connectivity index (χ3n) is 8.95. The van der Waals surface area contributed by atoms with Crippen molar-refractivity contribution in [2.45, 2.75) is 206 Å². The molecule has 4 nitrogen and oxygen atoms in total. The van der Waals surface area contributed by atoms with Crippen molar-refractivity contribution in [3.05, 3.63) is 72.9 Å². The molecule has 0 saturated heterocycles. The van der Waals surface area contributed by atoms with Crippen molar-refractivity contribution < 1.29 is 19.4 Å². The van der Waals surface area contributed by atoms with Crippen LogP contribution in [-0.4, -0.2) is 23.1 Å². The van der Waals surface area contributed by atoms with Gasteiger partial charge in [0.25, 0.3) is 0 Å². The van der Waals surface area contributed by atoms with E-state index in [4.69, 9.17) is 9.84 Å². The molecule has 0 bridgehead atoms. The minimum Gasteiger partial charge on any atom is -0.481 e. The molecule has 0 fully saturated rings. The van der Waals surface area contributed by atoms with Crippen molar-refractivity contribution >= 4 is 11.9 Å². The van der Waals surface area contributed by atoms with Crippen LogP contribution in [0.5, 0.6) is 0 Å². The minimum atomic E-state index is -0.663. The van der Waals surface area contributed by atoms with Gasteiger partial charge in [0, 0.05) is 12.8 Å². The largest absolute Gasteiger partial charge is 0.481 e. The Bertz CT molecular complexity index is 922. The molecule has 0 aromatic rings. The molecular weight excluding hydrogens is 617 g/mol. The third kappa shape index (κ3) is 41.6. The Labute approximate surface area is 309 Å². The summed E-state index contributed by atoms with van der Waals surface area (Å²) in [5, 5.41) is 8.65. The fourth-order valence-corrected chi connectivity index (χ4v) is 5.90. The van der Waals surface area contributed by atoms with Crippen LogP contribution < -0.4 is 0 Å². The van der Waals surface area contributed by atoms with E-state index in [0.29, 0.717) is 12.8 Å². The maximum Gasteiger partial charge on any atom is 0.306 e. The van der Waals surface area contributed by atoms with Crippen LogP contribution in [-0.2, 0) is 14.3 Å². The molecule has 1 N–H and O–H groups in total. The molecular formula is C46H78O4. The van der Waals surface area contributed by atoms with Gasteiger partial charge in [0.1, 0.15) is 0 Å². The summed E-state index contributed by atoms with van der Waals surface area (Å²) in [7, 11) is 0. The molecule has 4 heteroatoms. The summed E-state index contributed by atoms with van der Waals surface area (Å²) in [5.74, 6) is -0.737. The zero-order valence-electron chi connectivity index (χ0n) is 32.7. The van der Waals surface area contributed by atoms with Crippen LogP contribution >= 0.6 is 0 Å². The number of ether oxygens (including phenoxy) is 1. The molecule has 0 aliphatic carbocycles. The Hall–Kier alpha value is -2.62. The van der Waals surface area contributed by atoms with Crippen molar-refractivity contribution in [3.63, 3.8) is 0 Å². The number of esters is 1. The van der Waals surface area contributed by atoms with Crippen LogP contribution in [0.25, 0.3) is 0 Å². The molecule has 0 aromatic carbocycles. The lowest BCUT2D eigenvalue weighted by Gasteiger charge is -2.12. The summed E-state index contributed by atoms with van der Waals surface area (Å²) in [4.78, 5) is 22.7. The fraction of sp³-hybridized carbons (Fsp3) is 0.696. The summed E-state index contributed by atoms with van der Waals surface area (Å²) in [6.07, 6.45) is 59.3. The van der Waals surface area contributed by atoms with Gasteiger partial charge in [0.2, 0.25) is 0 Å². The second-order valence-electron chi connectivity index (χ2n) is 13.9. The molecule has 0 aliphatic rings. The van der Waals surface area contributed by atoms with E-state index in [1.165, 1.54) is 103 Å². The van der Waals surface area contributed by atoms with Crippen molar-refractivity contribution in [1.82, 2.24) is 0 Å². The van der Waals surface area contributed by atoms with Gasteiger partial charge >= 0.3 is 11.9 Å². The lowest BCUT2D eigenvalue weighted by atomic mass is 10.0. The van der Waals surface area contributed by atoms with Crippen molar-refractivity contribution in [1.29, 1.82) is 0 Å². The first-order valence-corrected chi connectivity index (χ1v) is 20.9. The molecule has 50 heavy (non-hydrogen) atoms. The number of carboxylic acids is 1. The van der Waals surface area contributed by atoms with Crippen LogP contribution in [0.4, 0.5) is 0 Å². The molecule has 0 aliphatic heterocycles. The average molecular weight is 695 g/mol. The monoisotopic (exact) mass is 695 g/mol. The van der Waals surface area contributed by atoms with E-state index in [0.717, 1.165) is 70.6 Å². The van der Waals surface area contributed by atoms with Crippen LogP contribution in [0, 0.1) is 0 Å². The summed E-state index contributed by atoms with van der Waals surface area (Å²) in [6.45, 7) is 4.19. The van der Waals surface area contributed by atoms with Gasteiger partial charge in [0.05, 0.1) is 6.10 Å². The van der Waals surface area contributed by atoms with Crippen LogP contribution in [0.2, 0.25) is 0 Å². The molecule has 1 unspecified atom stereocenters. The van der Waals surface area contributed by atoms with E-state index < -0.39 is 5.97 Å². The van der Waals surface area contributed by atoms with Gasteiger partial charge in [-0.25, -0.2) is 0 Å². The van der Waals surface area contributed by atoms with Crippen LogP contribution in [0.3, 0.4) is 0 Å². The fourth-order valence-electron chi connectivity index (χ4n) is 5.90. The maximum atomic E-state index is 12.2. The zero-order chi connectivity index (χ0) is 36.4. The van der Waals surface area contributed by atoms with Gasteiger partial charge in [0.15, 0.2) is 0 Å². The van der Waals surface area contributed by atoms with E-state index in [9.17, 15) is 9.59 Å². The van der Waals surface area contributed by atoms with E-state index in [1.54, 1.807) is 0 Å². The molecule has 0 amide bonds. The second-order valence-corrected chi connectivity index (χ2v) is 13.9. The molecule has 0 spiro atoms. The normalized spacial score (nSPS) is 13.0. The quantitative estimate of drug-likeness (QED) is 0.0399. The molecule has 0 radical (unpaired) electrons. The van der Waals surface area contributed by atoms with Crippen molar-refractivity contribution in [2.75, 3.05) is 0 Å². The summed E-state index contributed by atoms with van der Waals surface area (Å²) >= 11 is 0. The first-order chi connectivity index (χ1) is 24.6. The van der Waals surface area contributed by atoms with Crippen LogP contribution in [0.15, 0.2) is 72.9 Å². The number of rotatable bonds is 37. The van der Waals surface area contributed by atoms with Crippen LogP contribution in [0.1, 0.15) is 200 Å². The van der Waals surface area contributed by atoms with E-state index in [2.05, 4.69) is 79.8 Å². The molecule has 0 heterocycles. The number of carbonyl (C=O) groups is 2. The maximum absolute atomic E-state index is 12.2. The van der Waals surface area contributed by atoms with Gasteiger partial charge in [-0.05, 0) is 71.1 Å². The predicted molar refractivity (Wildman–Crippen MR) is 218 cm³/mol. The number of carbonyl (C=O) groups excluding carboxylic acids is 1. The summed E-state index contributed by atoms with van der Waals surface area (Å²) < 4.78 is 5.61. The van der Waals surface area contributed by atoms with E-state index in [1.807, 2.05) is 6.92 Å². The summed E-state index contributed by atoms with van der Waals surface area (Å²) in [6, 6.07) is 0. The van der Waals surface area contributed by atoms with Gasteiger partial charge in [-0.15, -0.1) is 0 Å². The molecule has 0 aromatic heterocycles. The number of hydrogen-bond donors (Lipinski definition) is 1. The first kappa shape index (κ1) is 47.4. The highest BCUT2D eigenvalue weighted by molar-refractivity contribution is 5.69. The highest BCUT2D eigenvalue weighted by Crippen LogP contribution is 2.16. The zero-order valence-corrected chi connectivity index (χ0v) is 32.7. The highest BCUT2D eigenvalue weighted by Gasteiger charge is 2.08. The smallest absolute Gasteiger partial charge is 0.306 e. The topological polar surface area (TPSA) is 63.6 Å². The minimum absolute atomic E-state index is 0.0228. The standard InChI is InChI=1S/C46H78O4/c1-3-4-5-6-7-8-9-10-11-12-14-19-22-25-28-31-34-37-40-43-46(49)50-44(2)41-38-35-32-29-26-23-20-17-15-13-16-18-21-24-27-30-33-36-39-42-45(47)48/h4-5,7-8,10-11,14,19,25,28,34,37,44H,3,6,9,12-13,15-18,20-24,26-27,29-33,35-36,38-43H2,1-2H3,(H,47,48)/b5-4-,8-7-,11-10-,19-14-,28-25-,37-34-. The highest BCUT2D eigenvalue weighted by atomic mass is 16.5. The number of carboxylic acid groups (broad SMARTS) is 1. The summed E-state index contributed by atoms with van der Waals surface area (Å²) in [5.41, 5.74) is 0. The number of hydrogen-bond acceptors (Lipinski definition) is 3. The second kappa shape index (κ2) is 40.8. The number of allylic oxidation sites excluding steroid dienone is 12.